The van der Waals surface area contributed by atoms with Gasteiger partial charge in [0.25, 0.3) is 0 Å². The SMILES string of the molecule is COCCCN1CC(CN(C(=O)[C@H]2CN(C(=O)OC(C)(C)C)CC[C@@H]2c2cccc(-c3ccc(OCCNS(C)(=O)=O)cc3)c2)C2CC2)c2ccccc21. The maximum absolute atomic E-state index is 15.0. The molecule has 0 aromatic heterocycles. The Hall–Kier alpha value is -4.13. The molecule has 3 aliphatic rings. The number of amides is 2. The largest absolute Gasteiger partial charge is 0.492 e. The second-order valence-corrected chi connectivity index (χ2v) is 17.7. The third-order valence-corrected chi connectivity index (χ3v) is 11.2. The number of methoxy groups -OCH3 is 1. The number of benzene rings is 3. The number of rotatable bonds is 15. The number of piperidine rings is 1. The Morgan fingerprint density at radius 3 is 2.39 bits per heavy atom. The van der Waals surface area contributed by atoms with Crippen LogP contribution in [0.1, 0.15) is 69.4 Å². The average Bonchev–Trinajstić information content (AvgIpc) is 3.93. The Balaban J connectivity index is 1.23. The maximum Gasteiger partial charge on any atom is 0.410 e. The van der Waals surface area contributed by atoms with Crippen molar-refractivity contribution in [1.82, 2.24) is 14.5 Å². The van der Waals surface area contributed by atoms with Gasteiger partial charge >= 0.3 is 6.09 Å². The first-order valence-electron chi connectivity index (χ1n) is 19.2. The molecule has 12 heteroatoms. The molecule has 0 bridgehead atoms. The highest BCUT2D eigenvalue weighted by molar-refractivity contribution is 7.88. The van der Waals surface area contributed by atoms with Crippen molar-refractivity contribution in [2.45, 2.75) is 69.9 Å². The van der Waals surface area contributed by atoms with Crippen LogP contribution in [0.5, 0.6) is 5.75 Å². The van der Waals surface area contributed by atoms with Gasteiger partial charge in [0.1, 0.15) is 18.0 Å². The molecule has 11 nitrogen and oxygen atoms in total. The molecule has 0 spiro atoms. The van der Waals surface area contributed by atoms with Gasteiger partial charge in [0, 0.05) is 70.6 Å². The average molecular weight is 761 g/mol. The lowest BCUT2D eigenvalue weighted by atomic mass is 9.78. The summed E-state index contributed by atoms with van der Waals surface area (Å²) in [6.45, 7) is 9.95. The number of nitrogens with zero attached hydrogens (tertiary/aromatic N) is 3. The van der Waals surface area contributed by atoms with Crippen molar-refractivity contribution in [3.05, 3.63) is 83.9 Å². The molecule has 3 aromatic rings. The van der Waals surface area contributed by atoms with Crippen LogP contribution in [0, 0.1) is 5.92 Å². The van der Waals surface area contributed by atoms with E-state index in [2.05, 4.69) is 57.0 Å². The van der Waals surface area contributed by atoms with Crippen LogP contribution in [0.2, 0.25) is 0 Å². The number of hydrogen-bond acceptors (Lipinski definition) is 8. The van der Waals surface area contributed by atoms with Gasteiger partial charge in [-0.05, 0) is 92.8 Å². The van der Waals surface area contributed by atoms with Crippen molar-refractivity contribution in [3.8, 4) is 16.9 Å². The van der Waals surface area contributed by atoms with Crippen molar-refractivity contribution < 1.29 is 32.2 Å². The molecule has 54 heavy (non-hydrogen) atoms. The highest BCUT2D eigenvalue weighted by Crippen LogP contribution is 2.42. The zero-order valence-corrected chi connectivity index (χ0v) is 33.1. The predicted octanol–water partition coefficient (Wildman–Crippen LogP) is 6.25. The first-order valence-corrected chi connectivity index (χ1v) is 21.1. The summed E-state index contributed by atoms with van der Waals surface area (Å²) in [5.74, 6) is 0.456. The molecule has 292 valence electrons. The number of ether oxygens (including phenoxy) is 3. The summed E-state index contributed by atoms with van der Waals surface area (Å²) in [5, 5.41) is 0. The lowest BCUT2D eigenvalue weighted by molar-refractivity contribution is -0.138. The number of carbonyl (C=O) groups is 2. The molecule has 1 unspecified atom stereocenters. The summed E-state index contributed by atoms with van der Waals surface area (Å²) in [5.41, 5.74) is 5.00. The fourth-order valence-electron chi connectivity index (χ4n) is 7.79. The van der Waals surface area contributed by atoms with Crippen LogP contribution >= 0.6 is 0 Å². The fourth-order valence-corrected chi connectivity index (χ4v) is 8.24. The Bertz CT molecular complexity index is 1860. The molecule has 3 atom stereocenters. The van der Waals surface area contributed by atoms with Crippen molar-refractivity contribution in [3.63, 3.8) is 0 Å². The number of hydrogen-bond donors (Lipinski definition) is 1. The van der Waals surface area contributed by atoms with Gasteiger partial charge in [-0.1, -0.05) is 54.6 Å². The van der Waals surface area contributed by atoms with Gasteiger partial charge in [0.2, 0.25) is 15.9 Å². The summed E-state index contributed by atoms with van der Waals surface area (Å²) in [4.78, 5) is 34.8. The number of carbonyl (C=O) groups excluding carboxylic acids is 2. The monoisotopic (exact) mass is 760 g/mol. The molecule has 0 radical (unpaired) electrons. The highest BCUT2D eigenvalue weighted by Gasteiger charge is 2.45. The van der Waals surface area contributed by atoms with E-state index in [1.807, 2.05) is 51.1 Å². The molecule has 1 saturated carbocycles. The smallest absolute Gasteiger partial charge is 0.410 e. The van der Waals surface area contributed by atoms with E-state index in [-0.39, 0.29) is 43.0 Å². The molecule has 2 fully saturated rings. The van der Waals surface area contributed by atoms with Crippen LogP contribution in [-0.2, 0) is 24.3 Å². The summed E-state index contributed by atoms with van der Waals surface area (Å²) in [7, 11) is -1.54. The lowest BCUT2D eigenvalue weighted by Crippen LogP contribution is -2.51. The third-order valence-electron chi connectivity index (χ3n) is 10.4. The molecule has 1 N–H and O–H groups in total. The van der Waals surface area contributed by atoms with Crippen LogP contribution in [0.25, 0.3) is 11.1 Å². The van der Waals surface area contributed by atoms with E-state index in [1.165, 1.54) is 11.3 Å². The van der Waals surface area contributed by atoms with Gasteiger partial charge < -0.3 is 28.9 Å². The molecular weight excluding hydrogens is 705 g/mol. The van der Waals surface area contributed by atoms with Crippen molar-refractivity contribution >= 4 is 27.7 Å². The van der Waals surface area contributed by atoms with Gasteiger partial charge in [0.15, 0.2) is 0 Å². The van der Waals surface area contributed by atoms with Gasteiger partial charge in [-0.15, -0.1) is 0 Å². The standard InChI is InChI=1S/C42H56N4O7S/c1-42(2,3)53-41(48)45-23-20-36(32-11-8-10-31(26-32)30-14-18-35(19-15-30)52-25-21-43-54(5,49)50)38(29-45)40(47)46(34-16-17-34)28-33-27-44(22-9-24-51-4)39-13-7-6-12-37(33)39/h6-8,10-15,18-19,26,33-34,36,38,43H,9,16-17,20-25,27-29H2,1-5H3/t33?,36-,38+/m1/s1. The Morgan fingerprint density at radius 2 is 1.69 bits per heavy atom. The fraction of sp³-hybridized carbons (Fsp3) is 0.524. The number of anilines is 1. The molecule has 1 aliphatic carbocycles. The van der Waals surface area contributed by atoms with E-state index in [4.69, 9.17) is 14.2 Å². The second kappa shape index (κ2) is 17.1. The van der Waals surface area contributed by atoms with Gasteiger partial charge in [-0.25, -0.2) is 17.9 Å². The Kier molecular flexibility index (Phi) is 12.5. The number of nitrogens with one attached hydrogen (secondary N) is 1. The second-order valence-electron chi connectivity index (χ2n) is 15.9. The zero-order valence-electron chi connectivity index (χ0n) is 32.3. The molecule has 2 aliphatic heterocycles. The van der Waals surface area contributed by atoms with Gasteiger partial charge in [-0.3, -0.25) is 4.79 Å². The predicted molar refractivity (Wildman–Crippen MR) is 211 cm³/mol. The molecule has 1 saturated heterocycles. The number of para-hydroxylation sites is 1. The summed E-state index contributed by atoms with van der Waals surface area (Å²) >= 11 is 0. The first kappa shape index (κ1) is 39.6. The highest BCUT2D eigenvalue weighted by atomic mass is 32.2. The van der Waals surface area contributed by atoms with E-state index in [1.54, 1.807) is 12.0 Å². The van der Waals surface area contributed by atoms with E-state index < -0.39 is 21.5 Å². The minimum Gasteiger partial charge on any atom is -0.492 e. The Morgan fingerprint density at radius 1 is 0.926 bits per heavy atom. The van der Waals surface area contributed by atoms with E-state index in [9.17, 15) is 13.2 Å². The van der Waals surface area contributed by atoms with Crippen molar-refractivity contribution in [2.24, 2.45) is 5.92 Å². The minimum absolute atomic E-state index is 0.0799. The topological polar surface area (TPSA) is 118 Å². The van der Waals surface area contributed by atoms with Crippen molar-refractivity contribution in [2.75, 3.05) is 70.7 Å². The number of fused-ring (bicyclic) bond motifs is 1. The number of sulfonamides is 1. The molecule has 2 heterocycles. The normalized spacial score (nSPS) is 20.1. The summed E-state index contributed by atoms with van der Waals surface area (Å²) < 4.78 is 42.0. The first-order chi connectivity index (χ1) is 25.8. The van der Waals surface area contributed by atoms with Crippen LogP contribution in [0.4, 0.5) is 10.5 Å². The van der Waals surface area contributed by atoms with Crippen LogP contribution in [0.15, 0.2) is 72.8 Å². The molecule has 2 amide bonds. The zero-order chi connectivity index (χ0) is 38.5. The Labute approximate surface area is 321 Å². The van der Waals surface area contributed by atoms with Crippen molar-refractivity contribution in [1.29, 1.82) is 0 Å². The molecule has 3 aromatic carbocycles. The van der Waals surface area contributed by atoms with E-state index in [0.717, 1.165) is 55.3 Å². The van der Waals surface area contributed by atoms with Gasteiger partial charge in [0.05, 0.1) is 12.2 Å². The summed E-state index contributed by atoms with van der Waals surface area (Å²) in [6.07, 6.45) is 4.32. The van der Waals surface area contributed by atoms with Gasteiger partial charge in [-0.2, -0.15) is 0 Å². The third kappa shape index (κ3) is 10.3. The minimum atomic E-state index is -3.27. The lowest BCUT2D eigenvalue weighted by Gasteiger charge is -2.41. The van der Waals surface area contributed by atoms with Crippen LogP contribution < -0.4 is 14.4 Å². The summed E-state index contributed by atoms with van der Waals surface area (Å²) in [6, 6.07) is 24.9. The van der Waals surface area contributed by atoms with E-state index in [0.29, 0.717) is 38.4 Å². The molecular formula is C42H56N4O7S. The maximum atomic E-state index is 15.0. The number of likely N-dealkylation sites (tertiary alicyclic amines) is 1. The van der Waals surface area contributed by atoms with E-state index >= 15 is 4.79 Å². The quantitative estimate of drug-likeness (QED) is 0.181. The van der Waals surface area contributed by atoms with Crippen LogP contribution in [0.3, 0.4) is 0 Å². The van der Waals surface area contributed by atoms with Crippen LogP contribution in [-0.4, -0.2) is 108 Å². The molecule has 6 rings (SSSR count).